The molecule has 0 aliphatic heterocycles. The van der Waals surface area contributed by atoms with Crippen molar-refractivity contribution in [1.29, 1.82) is 0 Å². The second kappa shape index (κ2) is 8.31. The van der Waals surface area contributed by atoms with Crippen molar-refractivity contribution in [3.05, 3.63) is 107 Å². The average Bonchev–Trinajstić information content (AvgIpc) is 2.76. The molecule has 0 fully saturated rings. The molecule has 0 heterocycles. The lowest BCUT2D eigenvalue weighted by molar-refractivity contribution is 0.447. The Morgan fingerprint density at radius 1 is 0.600 bits per heavy atom. The molecule has 0 radical (unpaired) electrons. The Balaban J connectivity index is 1.60. The number of rotatable bonds is 5. The Bertz CT molecular complexity index is 1190. The Morgan fingerprint density at radius 3 is 1.87 bits per heavy atom. The minimum atomic E-state index is -1.56. The monoisotopic (exact) mass is 408 g/mol. The first kappa shape index (κ1) is 20.1. The highest BCUT2D eigenvalue weighted by Crippen LogP contribution is 2.31. The summed E-state index contributed by atoms with van der Waals surface area (Å²) in [5.41, 5.74) is 3.62. The molecular formula is C26H20F4. The molecule has 0 nitrogen and oxygen atoms in total. The summed E-state index contributed by atoms with van der Waals surface area (Å²) in [7, 11) is 0. The molecule has 0 spiro atoms. The second-order valence-corrected chi connectivity index (χ2v) is 7.41. The first-order chi connectivity index (χ1) is 14.5. The van der Waals surface area contributed by atoms with Crippen LogP contribution in [0.25, 0.3) is 21.9 Å². The van der Waals surface area contributed by atoms with Gasteiger partial charge in [-0.15, -0.1) is 0 Å². The van der Waals surface area contributed by atoms with E-state index >= 15 is 4.39 Å². The molecule has 152 valence electrons. The van der Waals surface area contributed by atoms with Gasteiger partial charge in [-0.05, 0) is 59.0 Å². The molecular weight excluding hydrogens is 388 g/mol. The van der Waals surface area contributed by atoms with Crippen molar-refractivity contribution in [3.8, 4) is 11.1 Å². The fourth-order valence-corrected chi connectivity index (χ4v) is 3.66. The lowest BCUT2D eigenvalue weighted by atomic mass is 9.97. The van der Waals surface area contributed by atoms with E-state index < -0.39 is 23.3 Å². The Hall–Kier alpha value is -3.14. The SMILES string of the molecule is CCc1ccc(CCc2ccc3c(F)c(-c4cc(F)c(F)c(F)c4)ccc3c2)cc1. The van der Waals surface area contributed by atoms with Gasteiger partial charge in [0.2, 0.25) is 0 Å². The summed E-state index contributed by atoms with van der Waals surface area (Å²) >= 11 is 0. The minimum absolute atomic E-state index is 0.0315. The maximum atomic E-state index is 15.0. The van der Waals surface area contributed by atoms with Gasteiger partial charge in [-0.25, -0.2) is 17.6 Å². The fourth-order valence-electron chi connectivity index (χ4n) is 3.66. The van der Waals surface area contributed by atoms with Gasteiger partial charge in [0, 0.05) is 10.9 Å². The van der Waals surface area contributed by atoms with E-state index in [1.54, 1.807) is 12.1 Å². The highest BCUT2D eigenvalue weighted by molar-refractivity contribution is 5.88. The molecule has 30 heavy (non-hydrogen) atoms. The number of hydrogen-bond donors (Lipinski definition) is 0. The maximum absolute atomic E-state index is 15.0. The number of halogens is 4. The van der Waals surface area contributed by atoms with Crippen molar-refractivity contribution in [2.24, 2.45) is 0 Å². The molecule has 0 aliphatic carbocycles. The molecule has 0 saturated heterocycles. The van der Waals surface area contributed by atoms with E-state index in [4.69, 9.17) is 0 Å². The van der Waals surface area contributed by atoms with Crippen molar-refractivity contribution in [2.75, 3.05) is 0 Å². The van der Waals surface area contributed by atoms with E-state index in [1.165, 1.54) is 17.2 Å². The summed E-state index contributed by atoms with van der Waals surface area (Å²) in [6, 6.07) is 18.8. The van der Waals surface area contributed by atoms with Crippen molar-refractivity contribution in [1.82, 2.24) is 0 Å². The van der Waals surface area contributed by atoms with E-state index in [1.807, 2.05) is 12.1 Å². The quantitative estimate of drug-likeness (QED) is 0.238. The summed E-state index contributed by atoms with van der Waals surface area (Å²) in [5, 5.41) is 1.06. The third-order valence-corrected chi connectivity index (χ3v) is 5.45. The standard InChI is InChI=1S/C26H20F4/c1-2-16-3-5-17(6-4-16)7-8-18-9-11-21-19(13-18)10-12-22(25(21)29)20-14-23(27)26(30)24(28)15-20/h3-6,9-15H,2,7-8H2,1H3. The van der Waals surface area contributed by atoms with Gasteiger partial charge in [-0.3, -0.25) is 0 Å². The Morgan fingerprint density at radius 2 is 1.20 bits per heavy atom. The van der Waals surface area contributed by atoms with Gasteiger partial charge in [0.15, 0.2) is 17.5 Å². The lowest BCUT2D eigenvalue weighted by Crippen LogP contribution is -1.95. The molecule has 0 atom stereocenters. The van der Waals surface area contributed by atoms with Crippen molar-refractivity contribution in [2.45, 2.75) is 26.2 Å². The molecule has 4 heteroatoms. The Labute approximate surface area is 172 Å². The van der Waals surface area contributed by atoms with Crippen LogP contribution in [0.4, 0.5) is 17.6 Å². The predicted octanol–water partition coefficient (Wildman–Crippen LogP) is 7.41. The minimum Gasteiger partial charge on any atom is -0.206 e. The number of benzene rings is 4. The summed E-state index contributed by atoms with van der Waals surface area (Å²) in [5.74, 6) is -4.83. The third-order valence-electron chi connectivity index (χ3n) is 5.45. The van der Waals surface area contributed by atoms with Gasteiger partial charge in [0.1, 0.15) is 5.82 Å². The van der Waals surface area contributed by atoms with Gasteiger partial charge in [-0.1, -0.05) is 61.5 Å². The average molecular weight is 408 g/mol. The molecule has 0 bridgehead atoms. The van der Waals surface area contributed by atoms with Crippen LogP contribution in [0.15, 0.2) is 66.7 Å². The zero-order valence-electron chi connectivity index (χ0n) is 16.5. The van der Waals surface area contributed by atoms with Gasteiger partial charge in [0.05, 0.1) is 0 Å². The second-order valence-electron chi connectivity index (χ2n) is 7.41. The third kappa shape index (κ3) is 3.95. The molecule has 4 aromatic carbocycles. The maximum Gasteiger partial charge on any atom is 0.194 e. The number of aryl methyl sites for hydroxylation is 3. The highest BCUT2D eigenvalue weighted by atomic mass is 19.2. The molecule has 0 unspecified atom stereocenters. The molecule has 0 aromatic heterocycles. The van der Waals surface area contributed by atoms with E-state index in [9.17, 15) is 13.2 Å². The summed E-state index contributed by atoms with van der Waals surface area (Å²) in [6.07, 6.45) is 2.71. The normalized spacial score (nSPS) is 11.2. The fraction of sp³-hybridized carbons (Fsp3) is 0.154. The van der Waals surface area contributed by atoms with Crippen molar-refractivity contribution < 1.29 is 17.6 Å². The van der Waals surface area contributed by atoms with Gasteiger partial charge < -0.3 is 0 Å². The van der Waals surface area contributed by atoms with Crippen LogP contribution in [0.2, 0.25) is 0 Å². The van der Waals surface area contributed by atoms with Crippen LogP contribution in [0.1, 0.15) is 23.6 Å². The molecule has 0 amide bonds. The van der Waals surface area contributed by atoms with Crippen LogP contribution in [-0.2, 0) is 19.3 Å². The summed E-state index contributed by atoms with van der Waals surface area (Å²) in [6.45, 7) is 2.12. The van der Waals surface area contributed by atoms with Gasteiger partial charge in [0.25, 0.3) is 0 Å². The van der Waals surface area contributed by atoms with E-state index in [0.717, 1.165) is 37.0 Å². The van der Waals surface area contributed by atoms with Crippen LogP contribution >= 0.6 is 0 Å². The zero-order valence-corrected chi connectivity index (χ0v) is 16.5. The largest absolute Gasteiger partial charge is 0.206 e. The summed E-state index contributed by atoms with van der Waals surface area (Å²) < 4.78 is 55.4. The molecule has 0 aliphatic rings. The topological polar surface area (TPSA) is 0 Å². The predicted molar refractivity (Wildman–Crippen MR) is 112 cm³/mol. The Kier molecular flexibility index (Phi) is 5.58. The van der Waals surface area contributed by atoms with Crippen LogP contribution in [0.3, 0.4) is 0 Å². The van der Waals surface area contributed by atoms with E-state index in [-0.39, 0.29) is 11.1 Å². The van der Waals surface area contributed by atoms with Crippen molar-refractivity contribution >= 4 is 10.8 Å². The van der Waals surface area contributed by atoms with Gasteiger partial charge in [-0.2, -0.15) is 0 Å². The number of hydrogen-bond acceptors (Lipinski definition) is 0. The highest BCUT2D eigenvalue weighted by Gasteiger charge is 2.15. The molecule has 4 rings (SSSR count). The van der Waals surface area contributed by atoms with Crippen LogP contribution in [0, 0.1) is 23.3 Å². The molecule has 0 saturated carbocycles. The van der Waals surface area contributed by atoms with E-state index in [2.05, 4.69) is 31.2 Å². The first-order valence-electron chi connectivity index (χ1n) is 9.90. The molecule has 4 aromatic rings. The number of fused-ring (bicyclic) bond motifs is 1. The first-order valence-corrected chi connectivity index (χ1v) is 9.90. The smallest absolute Gasteiger partial charge is 0.194 e. The van der Waals surface area contributed by atoms with Gasteiger partial charge >= 0.3 is 0 Å². The van der Waals surface area contributed by atoms with E-state index in [0.29, 0.717) is 10.8 Å². The van der Waals surface area contributed by atoms with Crippen LogP contribution < -0.4 is 0 Å². The van der Waals surface area contributed by atoms with Crippen LogP contribution in [0.5, 0.6) is 0 Å². The zero-order chi connectivity index (χ0) is 21.3. The lowest BCUT2D eigenvalue weighted by Gasteiger charge is -2.10. The van der Waals surface area contributed by atoms with Crippen LogP contribution in [-0.4, -0.2) is 0 Å². The molecule has 0 N–H and O–H groups in total. The van der Waals surface area contributed by atoms with Crippen molar-refractivity contribution in [3.63, 3.8) is 0 Å². The summed E-state index contributed by atoms with van der Waals surface area (Å²) in [4.78, 5) is 0.